The summed E-state index contributed by atoms with van der Waals surface area (Å²) in [7, 11) is -3.71. The highest BCUT2D eigenvalue weighted by Gasteiger charge is 2.32. The normalized spacial score (nSPS) is 22.1. The highest BCUT2D eigenvalue weighted by Crippen LogP contribution is 2.33. The number of likely N-dealkylation sites (tertiary alicyclic amines) is 1. The topological polar surface area (TPSA) is 83.7 Å². The predicted molar refractivity (Wildman–Crippen MR) is 84.1 cm³/mol. The molecule has 0 bridgehead atoms. The molecule has 6 nitrogen and oxygen atoms in total. The summed E-state index contributed by atoms with van der Waals surface area (Å²) >= 11 is 0. The van der Waals surface area contributed by atoms with Gasteiger partial charge >= 0.3 is 0 Å². The van der Waals surface area contributed by atoms with E-state index in [0.717, 1.165) is 37.2 Å². The summed E-state index contributed by atoms with van der Waals surface area (Å²) < 4.78 is 22.9. The molecule has 22 heavy (non-hydrogen) atoms. The Morgan fingerprint density at radius 1 is 1.32 bits per heavy atom. The van der Waals surface area contributed by atoms with Gasteiger partial charge in [-0.2, -0.15) is 0 Å². The van der Waals surface area contributed by atoms with E-state index in [2.05, 4.69) is 4.90 Å². The van der Waals surface area contributed by atoms with Gasteiger partial charge in [0.05, 0.1) is 11.4 Å². The molecule has 2 aliphatic rings. The minimum Gasteiger partial charge on any atom is -0.308 e. The minimum atomic E-state index is -3.71. The van der Waals surface area contributed by atoms with E-state index in [0.29, 0.717) is 13.0 Å². The zero-order valence-corrected chi connectivity index (χ0v) is 13.5. The number of nitrogens with two attached hydrogens (primary N) is 1. The van der Waals surface area contributed by atoms with Crippen LogP contribution in [0.3, 0.4) is 0 Å². The Morgan fingerprint density at radius 2 is 2.00 bits per heavy atom. The van der Waals surface area contributed by atoms with Gasteiger partial charge in [-0.05, 0) is 63.0 Å². The largest absolute Gasteiger partial charge is 0.308 e. The highest BCUT2D eigenvalue weighted by molar-refractivity contribution is 7.89. The average molecular weight is 323 g/mol. The second-order valence-electron chi connectivity index (χ2n) is 6.14. The molecule has 0 saturated carbocycles. The summed E-state index contributed by atoms with van der Waals surface area (Å²) in [6, 6.07) is 4.80. The molecule has 0 spiro atoms. The third kappa shape index (κ3) is 2.88. The molecule has 1 amide bonds. The predicted octanol–water partition coefficient (Wildman–Crippen LogP) is 0.707. The molecule has 2 aliphatic heterocycles. The van der Waals surface area contributed by atoms with E-state index in [4.69, 9.17) is 5.14 Å². The van der Waals surface area contributed by atoms with Crippen molar-refractivity contribution in [3.05, 3.63) is 23.8 Å². The van der Waals surface area contributed by atoms with Crippen LogP contribution in [0.15, 0.2) is 23.1 Å². The Kier molecular flexibility index (Phi) is 3.96. The number of amides is 1. The van der Waals surface area contributed by atoms with E-state index in [1.807, 2.05) is 6.92 Å². The Balaban J connectivity index is 1.84. The molecule has 1 saturated heterocycles. The Hall–Kier alpha value is -1.44. The fraction of sp³-hybridized carbons (Fsp3) is 0.533. The van der Waals surface area contributed by atoms with Crippen LogP contribution >= 0.6 is 0 Å². The van der Waals surface area contributed by atoms with E-state index >= 15 is 0 Å². The van der Waals surface area contributed by atoms with Crippen molar-refractivity contribution in [2.24, 2.45) is 5.14 Å². The van der Waals surface area contributed by atoms with Crippen LogP contribution in [0.25, 0.3) is 0 Å². The van der Waals surface area contributed by atoms with Crippen LogP contribution in [0.4, 0.5) is 5.69 Å². The van der Waals surface area contributed by atoms with Crippen LogP contribution in [0.2, 0.25) is 0 Å². The first-order chi connectivity index (χ1) is 10.4. The summed E-state index contributed by atoms with van der Waals surface area (Å²) in [6.45, 7) is 4.37. The molecule has 0 aromatic heterocycles. The second-order valence-corrected chi connectivity index (χ2v) is 7.70. The van der Waals surface area contributed by atoms with Crippen LogP contribution in [0.1, 0.15) is 25.3 Å². The maximum absolute atomic E-state index is 12.6. The molecule has 1 aromatic rings. The number of sulfonamides is 1. The van der Waals surface area contributed by atoms with Crippen LogP contribution < -0.4 is 10.0 Å². The minimum absolute atomic E-state index is 0.0424. The summed E-state index contributed by atoms with van der Waals surface area (Å²) in [5.74, 6) is 0.0801. The van der Waals surface area contributed by atoms with Crippen molar-refractivity contribution in [2.75, 3.05) is 24.5 Å². The number of rotatable bonds is 3. The van der Waals surface area contributed by atoms with Gasteiger partial charge in [0.1, 0.15) is 0 Å². The van der Waals surface area contributed by atoms with Crippen molar-refractivity contribution in [3.63, 3.8) is 0 Å². The summed E-state index contributed by atoms with van der Waals surface area (Å²) in [5, 5.41) is 5.17. The van der Waals surface area contributed by atoms with Crippen molar-refractivity contribution in [3.8, 4) is 0 Å². The van der Waals surface area contributed by atoms with Crippen molar-refractivity contribution < 1.29 is 13.2 Å². The number of nitrogens with zero attached hydrogens (tertiary/aromatic N) is 2. The molecule has 2 heterocycles. The number of hydrogen-bond donors (Lipinski definition) is 1. The maximum atomic E-state index is 12.6. The Morgan fingerprint density at radius 3 is 2.64 bits per heavy atom. The zero-order chi connectivity index (χ0) is 15.9. The quantitative estimate of drug-likeness (QED) is 0.888. The molecule has 0 unspecified atom stereocenters. The SMILES string of the molecule is C[C@@H]1Cc2cc(S(N)(=O)=O)ccc2N1C(=O)CN1CCCC1. The Labute approximate surface area is 130 Å². The van der Waals surface area contributed by atoms with Crippen LogP contribution in [0.5, 0.6) is 0 Å². The van der Waals surface area contributed by atoms with E-state index in [9.17, 15) is 13.2 Å². The smallest absolute Gasteiger partial charge is 0.241 e. The van der Waals surface area contributed by atoms with Gasteiger partial charge in [-0.3, -0.25) is 9.69 Å². The number of carbonyl (C=O) groups is 1. The van der Waals surface area contributed by atoms with Gasteiger partial charge in [0.15, 0.2) is 0 Å². The van der Waals surface area contributed by atoms with Crippen LogP contribution in [-0.4, -0.2) is 44.9 Å². The van der Waals surface area contributed by atoms with Crippen LogP contribution in [-0.2, 0) is 21.2 Å². The third-order valence-corrected chi connectivity index (χ3v) is 5.33. The first-order valence-corrected chi connectivity index (χ1v) is 9.11. The van der Waals surface area contributed by atoms with E-state index in [1.165, 1.54) is 6.07 Å². The van der Waals surface area contributed by atoms with Gasteiger partial charge in [-0.25, -0.2) is 13.6 Å². The molecule has 1 fully saturated rings. The lowest BCUT2D eigenvalue weighted by Crippen LogP contribution is -2.42. The summed E-state index contributed by atoms with van der Waals surface area (Å²) in [6.07, 6.45) is 2.96. The zero-order valence-electron chi connectivity index (χ0n) is 12.7. The first kappa shape index (κ1) is 15.5. The maximum Gasteiger partial charge on any atom is 0.241 e. The molecule has 0 aliphatic carbocycles. The highest BCUT2D eigenvalue weighted by atomic mass is 32.2. The molecular formula is C15H21N3O3S. The van der Waals surface area contributed by atoms with E-state index < -0.39 is 10.0 Å². The Bertz CT molecular complexity index is 696. The van der Waals surface area contributed by atoms with Gasteiger partial charge in [0.2, 0.25) is 15.9 Å². The fourth-order valence-electron chi connectivity index (χ4n) is 3.37. The van der Waals surface area contributed by atoms with E-state index in [1.54, 1.807) is 17.0 Å². The van der Waals surface area contributed by atoms with Gasteiger partial charge in [0, 0.05) is 11.7 Å². The number of primary sulfonamides is 1. The van der Waals surface area contributed by atoms with Gasteiger partial charge in [-0.15, -0.1) is 0 Å². The van der Waals surface area contributed by atoms with Crippen molar-refractivity contribution >= 4 is 21.6 Å². The summed E-state index contributed by atoms with van der Waals surface area (Å²) in [5.41, 5.74) is 1.68. The summed E-state index contributed by atoms with van der Waals surface area (Å²) in [4.78, 5) is 16.7. The molecule has 2 N–H and O–H groups in total. The van der Waals surface area contributed by atoms with Crippen molar-refractivity contribution in [2.45, 2.75) is 37.1 Å². The monoisotopic (exact) mass is 323 g/mol. The molecule has 0 radical (unpaired) electrons. The molecule has 3 rings (SSSR count). The standard InChI is InChI=1S/C15H21N3O3S/c1-11-8-12-9-13(22(16,20)21)4-5-14(12)18(11)15(19)10-17-6-2-3-7-17/h4-5,9,11H,2-3,6-8,10H2,1H3,(H2,16,20,21)/t11-/m1/s1. The number of fused-ring (bicyclic) bond motifs is 1. The van der Waals surface area contributed by atoms with Gasteiger partial charge < -0.3 is 4.90 Å². The molecule has 1 atom stereocenters. The second kappa shape index (κ2) is 5.64. The number of carbonyl (C=O) groups excluding carboxylic acids is 1. The third-order valence-electron chi connectivity index (χ3n) is 4.42. The van der Waals surface area contributed by atoms with Crippen molar-refractivity contribution in [1.29, 1.82) is 0 Å². The molecular weight excluding hydrogens is 302 g/mol. The van der Waals surface area contributed by atoms with Gasteiger partial charge in [-0.1, -0.05) is 0 Å². The number of anilines is 1. The van der Waals surface area contributed by atoms with E-state index in [-0.39, 0.29) is 16.8 Å². The van der Waals surface area contributed by atoms with Gasteiger partial charge in [0.25, 0.3) is 0 Å². The average Bonchev–Trinajstić information content (AvgIpc) is 3.02. The molecule has 1 aromatic carbocycles. The number of benzene rings is 1. The number of hydrogen-bond acceptors (Lipinski definition) is 4. The van der Waals surface area contributed by atoms with Crippen LogP contribution in [0, 0.1) is 0 Å². The lowest BCUT2D eigenvalue weighted by atomic mass is 10.1. The first-order valence-electron chi connectivity index (χ1n) is 7.56. The lowest BCUT2D eigenvalue weighted by molar-refractivity contribution is -0.119. The fourth-order valence-corrected chi connectivity index (χ4v) is 3.94. The lowest BCUT2D eigenvalue weighted by Gasteiger charge is -2.25. The van der Waals surface area contributed by atoms with Crippen molar-refractivity contribution in [1.82, 2.24) is 4.90 Å². The molecule has 120 valence electrons. The molecule has 7 heteroatoms.